The third-order valence-electron chi connectivity index (χ3n) is 3.32. The molecule has 0 aromatic carbocycles. The summed E-state index contributed by atoms with van der Waals surface area (Å²) in [7, 11) is 0. The van der Waals surface area contributed by atoms with E-state index in [2.05, 4.69) is 37.2 Å². The van der Waals surface area contributed by atoms with Crippen LogP contribution in [0.3, 0.4) is 0 Å². The van der Waals surface area contributed by atoms with Crippen molar-refractivity contribution in [3.63, 3.8) is 0 Å². The average Bonchev–Trinajstić information content (AvgIpc) is 2.67. The minimum absolute atomic E-state index is 0.418. The third-order valence-corrected chi connectivity index (χ3v) is 3.32. The van der Waals surface area contributed by atoms with Crippen molar-refractivity contribution in [3.05, 3.63) is 18.2 Å². The van der Waals surface area contributed by atoms with Crippen LogP contribution in [0, 0.1) is 5.92 Å². The fourth-order valence-corrected chi connectivity index (χ4v) is 2.26. The van der Waals surface area contributed by atoms with E-state index < -0.39 is 0 Å². The minimum atomic E-state index is 0.418. The van der Waals surface area contributed by atoms with Crippen LogP contribution in [0.15, 0.2) is 12.5 Å². The molecule has 16 heavy (non-hydrogen) atoms. The molecule has 0 radical (unpaired) electrons. The van der Waals surface area contributed by atoms with E-state index in [1.807, 2.05) is 12.5 Å². The van der Waals surface area contributed by atoms with Crippen LogP contribution in [0.2, 0.25) is 0 Å². The van der Waals surface area contributed by atoms with Crippen LogP contribution in [-0.2, 0) is 0 Å². The second-order valence-corrected chi connectivity index (χ2v) is 4.95. The Morgan fingerprint density at radius 1 is 1.38 bits per heavy atom. The molecule has 1 heterocycles. The molecule has 0 saturated heterocycles. The lowest BCUT2D eigenvalue weighted by Gasteiger charge is -2.23. The molecular formula is C13H25N3. The Bertz CT molecular complexity index is 304. The standard InChI is InChI=1S/C13H25N3/c1-5-6-11(4)16-9-15-8-13(16)12(7-14)10(2)3/h8-12H,5-7,14H2,1-4H3. The zero-order valence-corrected chi connectivity index (χ0v) is 11.0. The molecule has 2 N–H and O–H groups in total. The van der Waals surface area contributed by atoms with Crippen LogP contribution in [-0.4, -0.2) is 16.1 Å². The number of hydrogen-bond acceptors (Lipinski definition) is 2. The highest BCUT2D eigenvalue weighted by Crippen LogP contribution is 2.26. The number of nitrogens with two attached hydrogens (primary N) is 1. The van der Waals surface area contributed by atoms with Gasteiger partial charge in [0.2, 0.25) is 0 Å². The Kier molecular flexibility index (Phi) is 5.00. The normalized spacial score (nSPS) is 15.4. The Morgan fingerprint density at radius 2 is 2.06 bits per heavy atom. The van der Waals surface area contributed by atoms with Crippen molar-refractivity contribution in [2.45, 2.75) is 52.5 Å². The smallest absolute Gasteiger partial charge is 0.0950 e. The van der Waals surface area contributed by atoms with E-state index in [0.29, 0.717) is 24.4 Å². The summed E-state index contributed by atoms with van der Waals surface area (Å²) >= 11 is 0. The predicted octanol–water partition coefficient (Wildman–Crippen LogP) is 2.94. The lowest BCUT2D eigenvalue weighted by atomic mass is 9.92. The Morgan fingerprint density at radius 3 is 2.56 bits per heavy atom. The molecule has 92 valence electrons. The van der Waals surface area contributed by atoms with E-state index in [-0.39, 0.29) is 0 Å². The highest BCUT2D eigenvalue weighted by atomic mass is 15.1. The van der Waals surface area contributed by atoms with Crippen LogP contribution >= 0.6 is 0 Å². The summed E-state index contributed by atoms with van der Waals surface area (Å²) in [6, 6.07) is 0.523. The zero-order chi connectivity index (χ0) is 12.1. The van der Waals surface area contributed by atoms with E-state index in [9.17, 15) is 0 Å². The lowest BCUT2D eigenvalue weighted by Crippen LogP contribution is -2.22. The van der Waals surface area contributed by atoms with Gasteiger partial charge in [0.15, 0.2) is 0 Å². The molecule has 0 spiro atoms. The van der Waals surface area contributed by atoms with Gasteiger partial charge < -0.3 is 10.3 Å². The summed E-state index contributed by atoms with van der Waals surface area (Å²) in [5, 5.41) is 0. The topological polar surface area (TPSA) is 43.8 Å². The summed E-state index contributed by atoms with van der Waals surface area (Å²) in [6.07, 6.45) is 6.32. The molecule has 2 unspecified atom stereocenters. The molecule has 0 amide bonds. The molecule has 0 bridgehead atoms. The molecule has 0 aliphatic carbocycles. The van der Waals surface area contributed by atoms with Crippen LogP contribution < -0.4 is 5.73 Å². The van der Waals surface area contributed by atoms with E-state index in [4.69, 9.17) is 5.73 Å². The number of aromatic nitrogens is 2. The first-order chi connectivity index (χ1) is 7.61. The second-order valence-electron chi connectivity index (χ2n) is 4.95. The van der Waals surface area contributed by atoms with Crippen molar-refractivity contribution < 1.29 is 0 Å². The molecule has 0 saturated carbocycles. The van der Waals surface area contributed by atoms with Gasteiger partial charge in [-0.2, -0.15) is 0 Å². The number of rotatable bonds is 6. The number of imidazole rings is 1. The van der Waals surface area contributed by atoms with Gasteiger partial charge in [0, 0.05) is 30.4 Å². The molecule has 0 aliphatic heterocycles. The maximum absolute atomic E-state index is 5.87. The summed E-state index contributed by atoms with van der Waals surface area (Å²) in [5.41, 5.74) is 7.16. The van der Waals surface area contributed by atoms with E-state index in [1.165, 1.54) is 18.5 Å². The molecular weight excluding hydrogens is 198 g/mol. The maximum Gasteiger partial charge on any atom is 0.0950 e. The van der Waals surface area contributed by atoms with Crippen molar-refractivity contribution in [2.24, 2.45) is 11.7 Å². The zero-order valence-electron chi connectivity index (χ0n) is 11.0. The minimum Gasteiger partial charge on any atom is -0.331 e. The van der Waals surface area contributed by atoms with Crippen LogP contribution in [0.4, 0.5) is 0 Å². The molecule has 0 fully saturated rings. The van der Waals surface area contributed by atoms with Gasteiger partial charge >= 0.3 is 0 Å². The van der Waals surface area contributed by atoms with Gasteiger partial charge in [-0.1, -0.05) is 27.2 Å². The van der Waals surface area contributed by atoms with Gasteiger partial charge in [-0.25, -0.2) is 4.98 Å². The summed E-state index contributed by atoms with van der Waals surface area (Å²) < 4.78 is 2.29. The summed E-state index contributed by atoms with van der Waals surface area (Å²) in [6.45, 7) is 9.61. The number of hydrogen-bond donors (Lipinski definition) is 1. The maximum atomic E-state index is 5.87. The highest BCUT2D eigenvalue weighted by molar-refractivity contribution is 5.09. The molecule has 3 nitrogen and oxygen atoms in total. The average molecular weight is 223 g/mol. The van der Waals surface area contributed by atoms with E-state index in [1.54, 1.807) is 0 Å². The van der Waals surface area contributed by atoms with Crippen molar-refractivity contribution >= 4 is 0 Å². The Labute approximate surface area is 99.1 Å². The molecule has 1 aromatic rings. The van der Waals surface area contributed by atoms with Crippen LogP contribution in [0.25, 0.3) is 0 Å². The molecule has 0 aliphatic rings. The predicted molar refractivity (Wildman–Crippen MR) is 68.5 cm³/mol. The third kappa shape index (κ3) is 2.85. The van der Waals surface area contributed by atoms with Crippen molar-refractivity contribution in [1.29, 1.82) is 0 Å². The first-order valence-electron chi connectivity index (χ1n) is 6.33. The number of nitrogens with zero attached hydrogens (tertiary/aromatic N) is 2. The van der Waals surface area contributed by atoms with Gasteiger partial charge in [-0.05, 0) is 19.3 Å². The van der Waals surface area contributed by atoms with Crippen molar-refractivity contribution in [1.82, 2.24) is 9.55 Å². The fraction of sp³-hybridized carbons (Fsp3) is 0.769. The van der Waals surface area contributed by atoms with Gasteiger partial charge in [0.25, 0.3) is 0 Å². The summed E-state index contributed by atoms with van der Waals surface area (Å²) in [4.78, 5) is 4.28. The molecule has 1 aromatic heterocycles. The first kappa shape index (κ1) is 13.2. The monoisotopic (exact) mass is 223 g/mol. The second kappa shape index (κ2) is 6.04. The Balaban J connectivity index is 2.91. The van der Waals surface area contributed by atoms with Crippen molar-refractivity contribution in [3.8, 4) is 0 Å². The molecule has 3 heteroatoms. The van der Waals surface area contributed by atoms with Gasteiger partial charge in [-0.15, -0.1) is 0 Å². The van der Waals surface area contributed by atoms with Gasteiger partial charge in [0.05, 0.1) is 6.33 Å². The van der Waals surface area contributed by atoms with Crippen molar-refractivity contribution in [2.75, 3.05) is 6.54 Å². The SMILES string of the molecule is CCCC(C)n1cncc1C(CN)C(C)C. The van der Waals surface area contributed by atoms with Gasteiger partial charge in [0.1, 0.15) is 0 Å². The summed E-state index contributed by atoms with van der Waals surface area (Å²) in [5.74, 6) is 0.982. The molecule has 1 rings (SSSR count). The molecule has 2 atom stereocenters. The van der Waals surface area contributed by atoms with Crippen LogP contribution in [0.5, 0.6) is 0 Å². The highest BCUT2D eigenvalue weighted by Gasteiger charge is 2.19. The lowest BCUT2D eigenvalue weighted by molar-refractivity contribution is 0.429. The first-order valence-corrected chi connectivity index (χ1v) is 6.33. The van der Waals surface area contributed by atoms with E-state index >= 15 is 0 Å². The quantitative estimate of drug-likeness (QED) is 0.805. The van der Waals surface area contributed by atoms with E-state index in [0.717, 1.165) is 0 Å². The fourth-order valence-electron chi connectivity index (χ4n) is 2.26. The van der Waals surface area contributed by atoms with Crippen LogP contribution in [0.1, 0.15) is 58.2 Å². The van der Waals surface area contributed by atoms with Gasteiger partial charge in [-0.3, -0.25) is 0 Å². The Hall–Kier alpha value is -0.830. The largest absolute Gasteiger partial charge is 0.331 e.